The van der Waals surface area contributed by atoms with Crippen LogP contribution in [-0.2, 0) is 4.79 Å². The molecule has 0 bridgehead atoms. The van der Waals surface area contributed by atoms with Gasteiger partial charge in [0, 0.05) is 5.69 Å². The van der Waals surface area contributed by atoms with Crippen molar-refractivity contribution in [3.63, 3.8) is 0 Å². The molecule has 0 spiro atoms. The van der Waals surface area contributed by atoms with Crippen molar-refractivity contribution in [2.45, 2.75) is 19.1 Å². The van der Waals surface area contributed by atoms with Crippen LogP contribution in [0.25, 0.3) is 0 Å². The molecule has 0 fully saturated rings. The SMILES string of the molecule is CCOc1ccc(NC(=O)[C@@H](C)SC(N)=O)cc1. The molecule has 0 aromatic heterocycles. The molecule has 18 heavy (non-hydrogen) atoms. The van der Waals surface area contributed by atoms with Gasteiger partial charge in [-0.15, -0.1) is 0 Å². The van der Waals surface area contributed by atoms with Crippen LogP contribution in [0.15, 0.2) is 24.3 Å². The minimum Gasteiger partial charge on any atom is -0.494 e. The minimum absolute atomic E-state index is 0.261. The molecule has 1 atom stereocenters. The first kappa shape index (κ1) is 14.4. The zero-order valence-electron chi connectivity index (χ0n) is 10.3. The topological polar surface area (TPSA) is 81.4 Å². The molecule has 6 heteroatoms. The van der Waals surface area contributed by atoms with Crippen molar-refractivity contribution in [1.82, 2.24) is 0 Å². The number of benzene rings is 1. The summed E-state index contributed by atoms with van der Waals surface area (Å²) in [6, 6.07) is 7.02. The number of thioether (sulfide) groups is 1. The molecule has 1 aromatic rings. The van der Waals surface area contributed by atoms with Crippen LogP contribution in [0.1, 0.15) is 13.8 Å². The molecule has 1 aromatic carbocycles. The van der Waals surface area contributed by atoms with E-state index in [-0.39, 0.29) is 5.91 Å². The fourth-order valence-electron chi connectivity index (χ4n) is 1.27. The summed E-state index contributed by atoms with van der Waals surface area (Å²) < 4.78 is 5.29. The van der Waals surface area contributed by atoms with Crippen molar-refractivity contribution in [3.8, 4) is 5.75 Å². The fourth-order valence-corrected chi connectivity index (χ4v) is 1.79. The van der Waals surface area contributed by atoms with Crippen molar-refractivity contribution in [2.24, 2.45) is 5.73 Å². The second-order valence-corrected chi connectivity index (χ2v) is 4.87. The van der Waals surface area contributed by atoms with Crippen LogP contribution >= 0.6 is 11.8 Å². The van der Waals surface area contributed by atoms with Gasteiger partial charge in [-0.25, -0.2) is 0 Å². The smallest absolute Gasteiger partial charge is 0.277 e. The Morgan fingerprint density at radius 1 is 1.39 bits per heavy atom. The van der Waals surface area contributed by atoms with E-state index < -0.39 is 10.5 Å². The maximum atomic E-state index is 11.7. The number of hydrogen-bond acceptors (Lipinski definition) is 4. The van der Waals surface area contributed by atoms with Gasteiger partial charge in [0.05, 0.1) is 11.9 Å². The maximum absolute atomic E-state index is 11.7. The van der Waals surface area contributed by atoms with Crippen LogP contribution in [0.5, 0.6) is 5.75 Å². The molecule has 0 saturated heterocycles. The van der Waals surface area contributed by atoms with Crippen molar-refractivity contribution in [3.05, 3.63) is 24.3 Å². The first-order valence-electron chi connectivity index (χ1n) is 5.52. The summed E-state index contributed by atoms with van der Waals surface area (Å²) in [6.07, 6.45) is 0. The first-order valence-corrected chi connectivity index (χ1v) is 6.40. The quantitative estimate of drug-likeness (QED) is 0.858. The zero-order chi connectivity index (χ0) is 13.5. The van der Waals surface area contributed by atoms with Crippen molar-refractivity contribution in [1.29, 1.82) is 0 Å². The molecule has 3 N–H and O–H groups in total. The predicted octanol–water partition coefficient (Wildman–Crippen LogP) is 2.22. The summed E-state index contributed by atoms with van der Waals surface area (Å²) in [5, 5.41) is 1.61. The third kappa shape index (κ3) is 4.67. The van der Waals surface area contributed by atoms with E-state index >= 15 is 0 Å². The number of ether oxygens (including phenoxy) is 1. The van der Waals surface area contributed by atoms with Gasteiger partial charge in [0.2, 0.25) is 5.91 Å². The van der Waals surface area contributed by atoms with Crippen LogP contribution in [-0.4, -0.2) is 23.0 Å². The molecule has 0 aliphatic heterocycles. The van der Waals surface area contributed by atoms with E-state index in [0.717, 1.165) is 17.5 Å². The highest BCUT2D eigenvalue weighted by molar-refractivity contribution is 8.14. The van der Waals surface area contributed by atoms with Gasteiger partial charge in [0.1, 0.15) is 5.75 Å². The fraction of sp³-hybridized carbons (Fsp3) is 0.333. The van der Waals surface area contributed by atoms with Crippen molar-refractivity contribution < 1.29 is 14.3 Å². The van der Waals surface area contributed by atoms with Crippen LogP contribution in [0, 0.1) is 0 Å². The standard InChI is InChI=1S/C12H16N2O3S/c1-3-17-10-6-4-9(5-7-10)14-11(15)8(2)18-12(13)16/h4-8H,3H2,1-2H3,(H2,13,16)(H,14,15)/t8-/m1/s1. The Balaban J connectivity index is 2.56. The lowest BCUT2D eigenvalue weighted by molar-refractivity contribution is -0.115. The largest absolute Gasteiger partial charge is 0.494 e. The summed E-state index contributed by atoms with van der Waals surface area (Å²) >= 11 is 0.795. The molecule has 2 amide bonds. The number of nitrogens with two attached hydrogens (primary N) is 1. The van der Waals surface area contributed by atoms with Gasteiger partial charge < -0.3 is 15.8 Å². The second-order valence-electron chi connectivity index (χ2n) is 3.53. The number of nitrogens with one attached hydrogen (secondary N) is 1. The molecule has 0 aliphatic carbocycles. The second kappa shape index (κ2) is 6.90. The van der Waals surface area contributed by atoms with E-state index in [4.69, 9.17) is 10.5 Å². The third-order valence-electron chi connectivity index (χ3n) is 2.10. The van der Waals surface area contributed by atoms with E-state index in [1.165, 1.54) is 0 Å². The number of hydrogen-bond donors (Lipinski definition) is 2. The molecule has 0 unspecified atom stereocenters. The average molecular weight is 268 g/mol. The number of rotatable bonds is 5. The monoisotopic (exact) mass is 268 g/mol. The molecular formula is C12H16N2O3S. The van der Waals surface area contributed by atoms with E-state index in [1.54, 1.807) is 31.2 Å². The summed E-state index contributed by atoms with van der Waals surface area (Å²) in [5.74, 6) is 0.484. The summed E-state index contributed by atoms with van der Waals surface area (Å²) in [4.78, 5) is 22.4. The van der Waals surface area contributed by atoms with Gasteiger partial charge in [0.25, 0.3) is 5.24 Å². The molecule has 0 saturated carbocycles. The molecule has 98 valence electrons. The van der Waals surface area contributed by atoms with Crippen molar-refractivity contribution >= 4 is 28.6 Å². The molecular weight excluding hydrogens is 252 g/mol. The van der Waals surface area contributed by atoms with Gasteiger partial charge in [-0.3, -0.25) is 9.59 Å². The molecule has 1 rings (SSSR count). The van der Waals surface area contributed by atoms with Gasteiger partial charge in [-0.1, -0.05) is 11.8 Å². The molecule has 5 nitrogen and oxygen atoms in total. The van der Waals surface area contributed by atoms with Gasteiger partial charge in [-0.05, 0) is 38.1 Å². The number of primary amides is 1. The molecule has 0 heterocycles. The van der Waals surface area contributed by atoms with Crippen LogP contribution < -0.4 is 15.8 Å². The van der Waals surface area contributed by atoms with Gasteiger partial charge >= 0.3 is 0 Å². The number of amides is 2. The predicted molar refractivity (Wildman–Crippen MR) is 72.9 cm³/mol. The maximum Gasteiger partial charge on any atom is 0.277 e. The summed E-state index contributed by atoms with van der Waals surface area (Å²) in [7, 11) is 0. The van der Waals surface area contributed by atoms with E-state index in [0.29, 0.717) is 12.3 Å². The summed E-state index contributed by atoms with van der Waals surface area (Å²) in [6.45, 7) is 4.12. The van der Waals surface area contributed by atoms with Crippen LogP contribution in [0.3, 0.4) is 0 Å². The lowest BCUT2D eigenvalue weighted by Gasteiger charge is -2.10. The van der Waals surface area contributed by atoms with Crippen LogP contribution in [0.4, 0.5) is 10.5 Å². The van der Waals surface area contributed by atoms with Gasteiger partial charge in [-0.2, -0.15) is 0 Å². The summed E-state index contributed by atoms with van der Waals surface area (Å²) in [5.41, 5.74) is 5.66. The Labute approximate surface area is 110 Å². The Morgan fingerprint density at radius 2 is 2.00 bits per heavy atom. The Hall–Kier alpha value is -1.69. The Kier molecular flexibility index (Phi) is 5.51. The van der Waals surface area contributed by atoms with E-state index in [2.05, 4.69) is 5.32 Å². The highest BCUT2D eigenvalue weighted by Gasteiger charge is 2.16. The normalized spacial score (nSPS) is 11.7. The third-order valence-corrected chi connectivity index (χ3v) is 2.89. The lowest BCUT2D eigenvalue weighted by atomic mass is 10.3. The molecule has 0 radical (unpaired) electrons. The highest BCUT2D eigenvalue weighted by atomic mass is 32.2. The Bertz CT molecular complexity index is 420. The van der Waals surface area contributed by atoms with Crippen molar-refractivity contribution in [2.75, 3.05) is 11.9 Å². The number of anilines is 1. The van der Waals surface area contributed by atoms with E-state index in [1.807, 2.05) is 6.92 Å². The molecule has 0 aliphatic rings. The Morgan fingerprint density at radius 3 is 2.50 bits per heavy atom. The highest BCUT2D eigenvalue weighted by Crippen LogP contribution is 2.17. The van der Waals surface area contributed by atoms with E-state index in [9.17, 15) is 9.59 Å². The number of carbonyl (C=O) groups is 2. The van der Waals surface area contributed by atoms with Crippen LogP contribution in [0.2, 0.25) is 0 Å². The average Bonchev–Trinajstić information content (AvgIpc) is 2.31. The minimum atomic E-state index is -0.565. The number of carbonyl (C=O) groups excluding carboxylic acids is 2. The lowest BCUT2D eigenvalue weighted by Crippen LogP contribution is -2.24. The van der Waals surface area contributed by atoms with Gasteiger partial charge in [0.15, 0.2) is 0 Å². The zero-order valence-corrected chi connectivity index (χ0v) is 11.1. The first-order chi connectivity index (χ1) is 8.52.